The molecule has 0 N–H and O–H groups in total. The maximum Gasteiger partial charge on any atom is 0.341 e. The molecule has 0 spiro atoms. The Bertz CT molecular complexity index is 519. The zero-order valence-corrected chi connectivity index (χ0v) is 10.9. The Balaban J connectivity index is 2.24. The van der Waals surface area contributed by atoms with E-state index in [4.69, 9.17) is 4.74 Å². The van der Waals surface area contributed by atoms with Crippen LogP contribution in [0.25, 0.3) is 0 Å². The molecule has 1 fully saturated rings. The van der Waals surface area contributed by atoms with Crippen LogP contribution in [0.3, 0.4) is 0 Å². The number of hydrogen-bond acceptors (Lipinski definition) is 5. The maximum atomic E-state index is 11.8. The molecule has 2 heterocycles. The van der Waals surface area contributed by atoms with Gasteiger partial charge in [-0.1, -0.05) is 0 Å². The zero-order valence-electron chi connectivity index (χ0n) is 10.9. The second-order valence-corrected chi connectivity index (χ2v) is 4.22. The van der Waals surface area contributed by atoms with E-state index in [0.717, 1.165) is 4.90 Å². The summed E-state index contributed by atoms with van der Waals surface area (Å²) < 4.78 is 6.40. The van der Waals surface area contributed by atoms with Gasteiger partial charge in [0.1, 0.15) is 5.56 Å². The van der Waals surface area contributed by atoms with Crippen molar-refractivity contribution in [2.24, 2.45) is 7.05 Å². The first kappa shape index (κ1) is 13.3. The largest absolute Gasteiger partial charge is 0.462 e. The molecule has 1 aliphatic heterocycles. The fraction of sp³-hybridized carbons (Fsp3) is 0.500. The Morgan fingerprint density at radius 2 is 2.00 bits per heavy atom. The van der Waals surface area contributed by atoms with E-state index in [-0.39, 0.29) is 43.4 Å². The number of imide groups is 1. The van der Waals surface area contributed by atoms with Crippen LogP contribution < -0.4 is 0 Å². The number of aryl methyl sites for hydroxylation is 1. The summed E-state index contributed by atoms with van der Waals surface area (Å²) in [6, 6.07) is 0. The van der Waals surface area contributed by atoms with Gasteiger partial charge in [0, 0.05) is 19.9 Å². The molecule has 7 nitrogen and oxygen atoms in total. The van der Waals surface area contributed by atoms with Gasteiger partial charge in [0.25, 0.3) is 0 Å². The van der Waals surface area contributed by atoms with E-state index in [9.17, 15) is 14.4 Å². The van der Waals surface area contributed by atoms with E-state index in [1.165, 1.54) is 10.9 Å². The van der Waals surface area contributed by atoms with E-state index in [2.05, 4.69) is 5.10 Å². The molecule has 7 heteroatoms. The van der Waals surface area contributed by atoms with Gasteiger partial charge in [-0.05, 0) is 6.92 Å². The van der Waals surface area contributed by atoms with E-state index in [1.54, 1.807) is 14.0 Å². The van der Waals surface area contributed by atoms with E-state index < -0.39 is 5.97 Å². The molecule has 0 saturated carbocycles. The van der Waals surface area contributed by atoms with Gasteiger partial charge in [0.15, 0.2) is 0 Å². The maximum absolute atomic E-state index is 11.8. The monoisotopic (exact) mass is 265 g/mol. The first-order chi connectivity index (χ1) is 9.04. The molecule has 0 aromatic carbocycles. The molecule has 2 amide bonds. The Morgan fingerprint density at radius 1 is 1.37 bits per heavy atom. The number of ether oxygens (including phenoxy) is 1. The standard InChI is InChI=1S/C12H15N3O4/c1-3-19-12(18)8-6-13-14(2)9(8)7-15-10(16)4-5-11(15)17/h6H,3-5,7H2,1-2H3. The minimum Gasteiger partial charge on any atom is -0.462 e. The summed E-state index contributed by atoms with van der Waals surface area (Å²) in [5.74, 6) is -0.938. The lowest BCUT2D eigenvalue weighted by molar-refractivity contribution is -0.139. The number of carbonyl (C=O) groups excluding carboxylic acids is 3. The Labute approximate surface area is 110 Å². The molecule has 0 atom stereocenters. The van der Waals surface area contributed by atoms with Crippen LogP contribution in [0.5, 0.6) is 0 Å². The Kier molecular flexibility index (Phi) is 3.64. The highest BCUT2D eigenvalue weighted by Gasteiger charge is 2.31. The van der Waals surface area contributed by atoms with Crippen LogP contribution in [0.15, 0.2) is 6.20 Å². The number of hydrogen-bond donors (Lipinski definition) is 0. The number of aromatic nitrogens is 2. The molecule has 0 bridgehead atoms. The van der Waals surface area contributed by atoms with Crippen molar-refractivity contribution in [1.29, 1.82) is 0 Å². The second-order valence-electron chi connectivity index (χ2n) is 4.22. The Morgan fingerprint density at radius 3 is 2.58 bits per heavy atom. The van der Waals surface area contributed by atoms with Crippen LogP contribution in [-0.2, 0) is 27.9 Å². The summed E-state index contributed by atoms with van der Waals surface area (Å²) in [5.41, 5.74) is 0.791. The van der Waals surface area contributed by atoms with Crippen molar-refractivity contribution in [2.75, 3.05) is 6.61 Å². The van der Waals surface area contributed by atoms with E-state index in [1.807, 2.05) is 0 Å². The predicted octanol–water partition coefficient (Wildman–Crippen LogP) is 0.246. The molecule has 0 unspecified atom stereocenters. The first-order valence-corrected chi connectivity index (χ1v) is 6.05. The van der Waals surface area contributed by atoms with Crippen molar-refractivity contribution in [1.82, 2.24) is 14.7 Å². The van der Waals surface area contributed by atoms with Crippen LogP contribution >= 0.6 is 0 Å². The molecule has 1 aromatic rings. The van der Waals surface area contributed by atoms with Crippen molar-refractivity contribution in [2.45, 2.75) is 26.3 Å². The normalized spacial score (nSPS) is 15.2. The molecule has 19 heavy (non-hydrogen) atoms. The van der Waals surface area contributed by atoms with Crippen molar-refractivity contribution in [3.8, 4) is 0 Å². The fourth-order valence-corrected chi connectivity index (χ4v) is 1.98. The molecule has 1 saturated heterocycles. The average molecular weight is 265 g/mol. The van der Waals surface area contributed by atoms with Gasteiger partial charge in [0.2, 0.25) is 11.8 Å². The highest BCUT2D eigenvalue weighted by Crippen LogP contribution is 2.18. The van der Waals surface area contributed by atoms with Gasteiger partial charge >= 0.3 is 5.97 Å². The smallest absolute Gasteiger partial charge is 0.341 e. The first-order valence-electron chi connectivity index (χ1n) is 6.05. The molecular formula is C12H15N3O4. The Hall–Kier alpha value is -2.18. The molecule has 0 radical (unpaired) electrons. The van der Waals surface area contributed by atoms with Crippen LogP contribution in [0.1, 0.15) is 35.8 Å². The lowest BCUT2D eigenvalue weighted by Gasteiger charge is -2.14. The summed E-state index contributed by atoms with van der Waals surface area (Å²) in [6.45, 7) is 2.03. The quantitative estimate of drug-likeness (QED) is 0.575. The predicted molar refractivity (Wildman–Crippen MR) is 64.0 cm³/mol. The van der Waals surface area contributed by atoms with E-state index in [0.29, 0.717) is 5.69 Å². The summed E-state index contributed by atoms with van der Waals surface area (Å²) in [7, 11) is 1.66. The van der Waals surface area contributed by atoms with E-state index >= 15 is 0 Å². The number of rotatable bonds is 4. The van der Waals surface area contributed by atoms with Gasteiger partial charge in [-0.15, -0.1) is 0 Å². The lowest BCUT2D eigenvalue weighted by Crippen LogP contribution is -2.30. The molecule has 1 aliphatic rings. The highest BCUT2D eigenvalue weighted by atomic mass is 16.5. The van der Waals surface area contributed by atoms with Crippen molar-refractivity contribution in [3.63, 3.8) is 0 Å². The molecule has 2 rings (SSSR count). The summed E-state index contributed by atoms with van der Waals surface area (Å²) in [4.78, 5) is 36.1. The summed E-state index contributed by atoms with van der Waals surface area (Å²) in [6.07, 6.45) is 1.84. The van der Waals surface area contributed by atoms with Gasteiger partial charge in [-0.3, -0.25) is 19.2 Å². The van der Waals surface area contributed by atoms with Gasteiger partial charge in [-0.25, -0.2) is 4.79 Å². The third-order valence-corrected chi connectivity index (χ3v) is 3.02. The van der Waals surface area contributed by atoms with Crippen LogP contribution in [0.4, 0.5) is 0 Å². The third-order valence-electron chi connectivity index (χ3n) is 3.02. The number of esters is 1. The number of likely N-dealkylation sites (tertiary alicyclic amines) is 1. The number of amides is 2. The molecular weight excluding hydrogens is 250 g/mol. The zero-order chi connectivity index (χ0) is 14.0. The minimum atomic E-state index is -0.496. The SMILES string of the molecule is CCOC(=O)c1cnn(C)c1CN1C(=O)CCC1=O. The second kappa shape index (κ2) is 5.21. The third kappa shape index (κ3) is 2.49. The van der Waals surface area contributed by atoms with Gasteiger partial charge in [-0.2, -0.15) is 5.10 Å². The van der Waals surface area contributed by atoms with Crippen molar-refractivity contribution in [3.05, 3.63) is 17.5 Å². The fourth-order valence-electron chi connectivity index (χ4n) is 1.98. The number of nitrogens with zero attached hydrogens (tertiary/aromatic N) is 3. The van der Waals surface area contributed by atoms with Crippen molar-refractivity contribution >= 4 is 17.8 Å². The average Bonchev–Trinajstić information content (AvgIpc) is 2.88. The van der Waals surface area contributed by atoms with Gasteiger partial charge < -0.3 is 4.74 Å². The van der Waals surface area contributed by atoms with Crippen molar-refractivity contribution < 1.29 is 19.1 Å². The lowest BCUT2D eigenvalue weighted by atomic mass is 10.2. The summed E-state index contributed by atoms with van der Waals surface area (Å²) >= 11 is 0. The molecule has 0 aliphatic carbocycles. The number of carbonyl (C=O) groups is 3. The van der Waals surface area contributed by atoms with Crippen LogP contribution in [0.2, 0.25) is 0 Å². The highest BCUT2D eigenvalue weighted by molar-refractivity contribution is 6.02. The van der Waals surface area contributed by atoms with Crippen LogP contribution in [0, 0.1) is 0 Å². The van der Waals surface area contributed by atoms with Crippen LogP contribution in [-0.4, -0.2) is 39.1 Å². The summed E-state index contributed by atoms with van der Waals surface area (Å²) in [5, 5.41) is 3.98. The molecule has 1 aromatic heterocycles. The minimum absolute atomic E-state index is 0.0579. The molecule has 102 valence electrons. The van der Waals surface area contributed by atoms with Gasteiger partial charge in [0.05, 0.1) is 25.0 Å². The topological polar surface area (TPSA) is 81.5 Å².